The highest BCUT2D eigenvalue weighted by molar-refractivity contribution is 6.74. The average molecular weight is 370 g/mol. The minimum Gasteiger partial charge on any atom is -0.487 e. The quantitative estimate of drug-likeness (QED) is 0.206. The summed E-state index contributed by atoms with van der Waals surface area (Å²) in [5.74, 6) is -11.4. The summed E-state index contributed by atoms with van der Waals surface area (Å²) in [6.07, 6.45) is 0.927. The third-order valence-electron chi connectivity index (χ3n) is 4.22. The Morgan fingerprint density at radius 1 is 0.750 bits per heavy atom. The molecule has 0 bridgehead atoms. The molecule has 2 nitrogen and oxygen atoms in total. The number of hydrogen-bond acceptors (Lipinski definition) is 2. The highest BCUT2D eigenvalue weighted by Gasteiger charge is 2.36. The lowest BCUT2D eigenvalue weighted by Crippen LogP contribution is -2.41. The summed E-state index contributed by atoms with van der Waals surface area (Å²) >= 11 is 0. The first-order valence-electron chi connectivity index (χ1n) is 7.68. The van der Waals surface area contributed by atoms with E-state index in [9.17, 15) is 22.0 Å². The van der Waals surface area contributed by atoms with Gasteiger partial charge in [0.05, 0.1) is 6.61 Å². The largest absolute Gasteiger partial charge is 0.487 e. The molecule has 0 saturated heterocycles. The van der Waals surface area contributed by atoms with Crippen molar-refractivity contribution in [1.29, 1.82) is 0 Å². The van der Waals surface area contributed by atoms with E-state index in [0.29, 0.717) is 19.4 Å². The number of hydrogen-bond donors (Lipinski definition) is 0. The molecular formula is C16H23F5O2Si. The van der Waals surface area contributed by atoms with Crippen LogP contribution in [-0.4, -0.2) is 21.5 Å². The molecule has 0 atom stereocenters. The molecule has 0 saturated carbocycles. The molecule has 0 spiro atoms. The molecule has 24 heavy (non-hydrogen) atoms. The summed E-state index contributed by atoms with van der Waals surface area (Å²) in [5, 5.41) is 0.0684. The summed E-state index contributed by atoms with van der Waals surface area (Å²) in [5.41, 5.74) is 0. The SMILES string of the molecule is CC(C)(C)[Si](C)(C)OCCCCOc1c(F)c(F)c(F)c(F)c1F. The Morgan fingerprint density at radius 3 is 1.62 bits per heavy atom. The van der Waals surface area contributed by atoms with Gasteiger partial charge in [0.2, 0.25) is 29.1 Å². The number of unbranched alkanes of at least 4 members (excludes halogenated alkanes) is 1. The van der Waals surface area contributed by atoms with Gasteiger partial charge in [-0.25, -0.2) is 13.2 Å². The van der Waals surface area contributed by atoms with Crippen LogP contribution in [0.25, 0.3) is 0 Å². The van der Waals surface area contributed by atoms with Gasteiger partial charge >= 0.3 is 0 Å². The topological polar surface area (TPSA) is 18.5 Å². The van der Waals surface area contributed by atoms with Crippen LogP contribution in [0, 0.1) is 29.1 Å². The lowest BCUT2D eigenvalue weighted by Gasteiger charge is -2.36. The Morgan fingerprint density at radius 2 is 1.17 bits per heavy atom. The van der Waals surface area contributed by atoms with E-state index in [1.807, 2.05) is 0 Å². The second-order valence-electron chi connectivity index (χ2n) is 7.06. The van der Waals surface area contributed by atoms with E-state index in [1.165, 1.54) is 0 Å². The maximum atomic E-state index is 13.4. The molecule has 0 aliphatic heterocycles. The van der Waals surface area contributed by atoms with Gasteiger partial charge in [0.15, 0.2) is 14.1 Å². The predicted octanol–water partition coefficient (Wildman–Crippen LogP) is 5.56. The minimum absolute atomic E-state index is 0.0684. The van der Waals surface area contributed by atoms with Gasteiger partial charge < -0.3 is 9.16 Å². The Hall–Kier alpha value is -1.15. The monoisotopic (exact) mass is 370 g/mol. The van der Waals surface area contributed by atoms with Crippen molar-refractivity contribution in [1.82, 2.24) is 0 Å². The molecule has 0 radical (unpaired) electrons. The smallest absolute Gasteiger partial charge is 0.206 e. The molecule has 0 aliphatic carbocycles. The zero-order valence-corrected chi connectivity index (χ0v) is 15.5. The van der Waals surface area contributed by atoms with E-state index < -0.39 is 43.2 Å². The highest BCUT2D eigenvalue weighted by atomic mass is 28.4. The molecule has 0 aromatic heterocycles. The van der Waals surface area contributed by atoms with Crippen LogP contribution in [0.5, 0.6) is 5.75 Å². The Balaban J connectivity index is 2.50. The molecule has 0 unspecified atom stereocenters. The van der Waals surface area contributed by atoms with Crippen LogP contribution in [-0.2, 0) is 4.43 Å². The Labute approximate surface area is 140 Å². The van der Waals surface area contributed by atoms with Crippen LogP contribution >= 0.6 is 0 Å². The van der Waals surface area contributed by atoms with Gasteiger partial charge in [0, 0.05) is 6.61 Å². The minimum atomic E-state index is -2.19. The number of rotatable bonds is 7. The number of halogens is 5. The summed E-state index contributed by atoms with van der Waals surface area (Å²) < 4.78 is 76.4. The molecule has 0 N–H and O–H groups in total. The van der Waals surface area contributed by atoms with Gasteiger partial charge in [-0.3, -0.25) is 0 Å². The van der Waals surface area contributed by atoms with Gasteiger partial charge in [-0.2, -0.15) is 8.78 Å². The van der Waals surface area contributed by atoms with Crippen molar-refractivity contribution in [2.45, 2.75) is 51.7 Å². The molecule has 0 heterocycles. The molecule has 1 rings (SSSR count). The van der Waals surface area contributed by atoms with Crippen molar-refractivity contribution in [3.8, 4) is 5.75 Å². The van der Waals surface area contributed by atoms with E-state index in [1.54, 1.807) is 0 Å². The van der Waals surface area contributed by atoms with Crippen molar-refractivity contribution in [2.24, 2.45) is 0 Å². The van der Waals surface area contributed by atoms with Crippen molar-refractivity contribution in [3.05, 3.63) is 29.1 Å². The third kappa shape index (κ3) is 4.69. The zero-order chi connectivity index (χ0) is 18.7. The first-order chi connectivity index (χ1) is 10.9. The lowest BCUT2D eigenvalue weighted by atomic mass is 10.2. The van der Waals surface area contributed by atoms with Crippen LogP contribution in [0.15, 0.2) is 0 Å². The summed E-state index contributed by atoms with van der Waals surface area (Å²) in [4.78, 5) is 0. The molecule has 1 aromatic rings. The van der Waals surface area contributed by atoms with E-state index in [2.05, 4.69) is 33.9 Å². The van der Waals surface area contributed by atoms with Crippen molar-refractivity contribution >= 4 is 8.32 Å². The standard InChI is InChI=1S/C16H23F5O2Si/c1-16(2,3)24(4,5)23-9-7-6-8-22-15-13(20)11(18)10(17)12(19)14(15)21/h6-9H2,1-5H3. The van der Waals surface area contributed by atoms with Gasteiger partial charge in [-0.1, -0.05) is 20.8 Å². The summed E-state index contributed by atoms with van der Waals surface area (Å²) in [6.45, 7) is 10.8. The van der Waals surface area contributed by atoms with Crippen molar-refractivity contribution in [3.63, 3.8) is 0 Å². The molecule has 138 valence electrons. The summed E-state index contributed by atoms with van der Waals surface area (Å²) in [6, 6.07) is 0. The fourth-order valence-corrected chi connectivity index (χ4v) is 2.72. The van der Waals surface area contributed by atoms with Gasteiger partial charge in [0.25, 0.3) is 0 Å². The number of benzene rings is 1. The Bertz CT molecular complexity index is 556. The predicted molar refractivity (Wildman–Crippen MR) is 84.1 cm³/mol. The Kier molecular flexibility index (Phi) is 6.81. The second kappa shape index (κ2) is 7.82. The average Bonchev–Trinajstić information content (AvgIpc) is 2.48. The normalized spacial score (nSPS) is 12.6. The second-order valence-corrected chi connectivity index (χ2v) is 11.9. The molecule has 0 fully saturated rings. The maximum absolute atomic E-state index is 13.4. The maximum Gasteiger partial charge on any atom is 0.206 e. The van der Waals surface area contributed by atoms with E-state index in [4.69, 9.17) is 9.16 Å². The van der Waals surface area contributed by atoms with Crippen LogP contribution in [0.2, 0.25) is 18.1 Å². The zero-order valence-electron chi connectivity index (χ0n) is 14.5. The van der Waals surface area contributed by atoms with Crippen LogP contribution < -0.4 is 4.74 Å². The molecule has 1 aromatic carbocycles. The number of ether oxygens (including phenoxy) is 1. The van der Waals surface area contributed by atoms with Gasteiger partial charge in [0.1, 0.15) is 0 Å². The molecule has 8 heteroatoms. The van der Waals surface area contributed by atoms with Crippen LogP contribution in [0.1, 0.15) is 33.6 Å². The van der Waals surface area contributed by atoms with E-state index >= 15 is 0 Å². The fraction of sp³-hybridized carbons (Fsp3) is 0.625. The van der Waals surface area contributed by atoms with Gasteiger partial charge in [-0.05, 0) is 31.0 Å². The molecule has 0 aliphatic rings. The van der Waals surface area contributed by atoms with E-state index in [-0.39, 0.29) is 11.6 Å². The first-order valence-corrected chi connectivity index (χ1v) is 10.6. The van der Waals surface area contributed by atoms with Crippen molar-refractivity contribution < 1.29 is 31.1 Å². The molecule has 0 amide bonds. The van der Waals surface area contributed by atoms with Crippen LogP contribution in [0.3, 0.4) is 0 Å². The van der Waals surface area contributed by atoms with E-state index in [0.717, 1.165) is 0 Å². The fourth-order valence-electron chi connectivity index (χ4n) is 1.63. The summed E-state index contributed by atoms with van der Waals surface area (Å²) in [7, 11) is -1.87. The first kappa shape index (κ1) is 20.9. The third-order valence-corrected chi connectivity index (χ3v) is 8.76. The van der Waals surface area contributed by atoms with Crippen molar-refractivity contribution in [2.75, 3.05) is 13.2 Å². The lowest BCUT2D eigenvalue weighted by molar-refractivity contribution is 0.233. The highest BCUT2D eigenvalue weighted by Crippen LogP contribution is 2.36. The molecular weight excluding hydrogens is 347 g/mol. The van der Waals surface area contributed by atoms with Gasteiger partial charge in [-0.15, -0.1) is 0 Å². The van der Waals surface area contributed by atoms with Crippen LogP contribution in [0.4, 0.5) is 22.0 Å².